The minimum Gasteiger partial charge on any atom is -0.461 e. The highest BCUT2D eigenvalue weighted by molar-refractivity contribution is 5.98. The Morgan fingerprint density at radius 1 is 1.14 bits per heavy atom. The van der Waals surface area contributed by atoms with Crippen molar-refractivity contribution in [2.75, 3.05) is 18.4 Å². The highest BCUT2D eigenvalue weighted by atomic mass is 16.3. The van der Waals surface area contributed by atoms with Crippen molar-refractivity contribution in [1.29, 1.82) is 5.26 Å². The van der Waals surface area contributed by atoms with Crippen LogP contribution < -0.4 is 16.0 Å². The molecule has 0 unspecified atom stereocenters. The Hall–Kier alpha value is -4.32. The van der Waals surface area contributed by atoms with E-state index in [1.165, 1.54) is 0 Å². The molecule has 2 heterocycles. The monoisotopic (exact) mass is 500 g/mol. The molecule has 4 rings (SSSR count). The van der Waals surface area contributed by atoms with Crippen molar-refractivity contribution in [3.63, 3.8) is 0 Å². The maximum absolute atomic E-state index is 13.3. The van der Waals surface area contributed by atoms with E-state index in [4.69, 9.17) is 4.42 Å². The number of aliphatic imine (C=N–C) groups is 1. The van der Waals surface area contributed by atoms with Gasteiger partial charge in [-0.3, -0.25) is 14.9 Å². The van der Waals surface area contributed by atoms with Crippen molar-refractivity contribution in [2.45, 2.75) is 52.6 Å². The van der Waals surface area contributed by atoms with Crippen molar-refractivity contribution in [1.82, 2.24) is 15.5 Å². The molecule has 2 aromatic carbocycles. The van der Waals surface area contributed by atoms with Gasteiger partial charge in [-0.15, -0.1) is 0 Å². The molecule has 1 saturated heterocycles. The van der Waals surface area contributed by atoms with Gasteiger partial charge >= 0.3 is 0 Å². The molecular weight excluding hydrogens is 468 g/mol. The van der Waals surface area contributed by atoms with Crippen molar-refractivity contribution >= 4 is 34.4 Å². The van der Waals surface area contributed by atoms with Gasteiger partial charge in [-0.05, 0) is 69.9 Å². The standard InChI is InChI=1S/C28H32N6O3/c1-18-10-19(2)12-21(11-18)15-30-26(35)16-34-9-5-4-6-24(27(34)36)33-28(31-17-29)32-23-7-8-25-22(14-23)13-20(3)37-25/h7-8,10-14,24H,4-6,9,15-16H2,1-3H3,(H,30,35)(H2,31,32,33)/t24-/m0/s1. The zero-order chi connectivity index (χ0) is 26.4. The van der Waals surface area contributed by atoms with E-state index in [9.17, 15) is 14.9 Å². The highest BCUT2D eigenvalue weighted by Gasteiger charge is 2.28. The van der Waals surface area contributed by atoms with Gasteiger partial charge < -0.3 is 20.0 Å². The zero-order valence-electron chi connectivity index (χ0n) is 21.4. The summed E-state index contributed by atoms with van der Waals surface area (Å²) in [6.45, 7) is 6.80. The van der Waals surface area contributed by atoms with Crippen molar-refractivity contribution in [3.8, 4) is 6.19 Å². The minimum absolute atomic E-state index is 0.0272. The van der Waals surface area contributed by atoms with E-state index >= 15 is 0 Å². The number of hydrogen-bond donors (Lipinski definition) is 3. The summed E-state index contributed by atoms with van der Waals surface area (Å²) in [6, 6.07) is 12.9. The summed E-state index contributed by atoms with van der Waals surface area (Å²) in [5.41, 5.74) is 4.78. The third-order valence-electron chi connectivity index (χ3n) is 6.22. The van der Waals surface area contributed by atoms with Gasteiger partial charge in [-0.25, -0.2) is 4.99 Å². The number of furan rings is 1. The molecule has 0 aliphatic carbocycles. The van der Waals surface area contributed by atoms with Gasteiger partial charge in [0.05, 0.1) is 6.54 Å². The normalized spacial score (nSPS) is 16.3. The van der Waals surface area contributed by atoms with E-state index in [2.05, 4.69) is 27.0 Å². The van der Waals surface area contributed by atoms with Gasteiger partial charge in [0.2, 0.25) is 17.8 Å². The number of amides is 2. The molecule has 0 radical (unpaired) electrons. The van der Waals surface area contributed by atoms with Crippen LogP contribution in [0.25, 0.3) is 11.0 Å². The lowest BCUT2D eigenvalue weighted by Gasteiger charge is -2.22. The van der Waals surface area contributed by atoms with Gasteiger partial charge in [0.25, 0.3) is 0 Å². The Bertz CT molecular complexity index is 1350. The number of carbonyl (C=O) groups excluding carboxylic acids is 2. The van der Waals surface area contributed by atoms with E-state index in [1.54, 1.807) is 4.90 Å². The summed E-state index contributed by atoms with van der Waals surface area (Å²) in [5.74, 6) is 0.549. The fourth-order valence-electron chi connectivity index (χ4n) is 4.66. The molecule has 1 fully saturated rings. The Morgan fingerprint density at radius 3 is 2.68 bits per heavy atom. The lowest BCUT2D eigenvalue weighted by molar-refractivity contribution is -0.136. The van der Waals surface area contributed by atoms with Crippen LogP contribution in [0.2, 0.25) is 0 Å². The first-order chi connectivity index (χ1) is 17.8. The molecule has 192 valence electrons. The lowest BCUT2D eigenvalue weighted by Crippen LogP contribution is -2.44. The minimum atomic E-state index is -0.696. The number of guanidine groups is 1. The van der Waals surface area contributed by atoms with Crippen LogP contribution in [0.15, 0.2) is 51.9 Å². The lowest BCUT2D eigenvalue weighted by atomic mass is 10.1. The van der Waals surface area contributed by atoms with E-state index in [-0.39, 0.29) is 24.3 Å². The number of nitrogens with one attached hydrogen (secondary N) is 3. The average Bonchev–Trinajstić information content (AvgIpc) is 3.13. The van der Waals surface area contributed by atoms with Gasteiger partial charge in [0.15, 0.2) is 6.19 Å². The Balaban J connectivity index is 1.42. The van der Waals surface area contributed by atoms with Gasteiger partial charge in [-0.2, -0.15) is 5.26 Å². The molecule has 1 aromatic heterocycles. The Kier molecular flexibility index (Phi) is 8.08. The summed E-state index contributed by atoms with van der Waals surface area (Å²) in [6.07, 6.45) is 4.00. The maximum atomic E-state index is 13.3. The summed E-state index contributed by atoms with van der Waals surface area (Å²) < 4.78 is 5.61. The second kappa shape index (κ2) is 11.6. The highest BCUT2D eigenvalue weighted by Crippen LogP contribution is 2.23. The van der Waals surface area contributed by atoms with Gasteiger partial charge in [0.1, 0.15) is 17.4 Å². The number of likely N-dealkylation sites (tertiary alicyclic amines) is 1. The Morgan fingerprint density at radius 2 is 1.92 bits per heavy atom. The first kappa shape index (κ1) is 25.8. The van der Waals surface area contributed by atoms with Crippen LogP contribution in [-0.2, 0) is 16.1 Å². The molecular formula is C28H32N6O3. The van der Waals surface area contributed by atoms with Crippen molar-refractivity contribution in [3.05, 3.63) is 64.9 Å². The SMILES string of the molecule is Cc1cc(C)cc(CNC(=O)CN2CCCC[C@H](N=C(NC#N)Nc3ccc4oc(C)cc4c3)C2=O)c1. The molecule has 0 bridgehead atoms. The number of nitriles is 1. The van der Waals surface area contributed by atoms with Crippen LogP contribution in [-0.4, -0.2) is 41.8 Å². The number of aryl methyl sites for hydroxylation is 3. The van der Waals surface area contributed by atoms with Crippen LogP contribution >= 0.6 is 0 Å². The summed E-state index contributed by atoms with van der Waals surface area (Å²) >= 11 is 0. The summed E-state index contributed by atoms with van der Waals surface area (Å²) in [4.78, 5) is 32.1. The molecule has 3 N–H and O–H groups in total. The first-order valence-electron chi connectivity index (χ1n) is 12.4. The van der Waals surface area contributed by atoms with E-state index in [0.717, 1.165) is 46.3 Å². The summed E-state index contributed by atoms with van der Waals surface area (Å²) in [7, 11) is 0. The second-order valence-corrected chi connectivity index (χ2v) is 9.49. The Labute approximate surface area is 216 Å². The molecule has 1 aliphatic rings. The number of rotatable bonds is 6. The second-order valence-electron chi connectivity index (χ2n) is 9.49. The van der Waals surface area contributed by atoms with Crippen molar-refractivity contribution in [2.24, 2.45) is 4.99 Å². The molecule has 0 saturated carbocycles. The number of carbonyl (C=O) groups is 2. The third-order valence-corrected chi connectivity index (χ3v) is 6.22. The fourth-order valence-corrected chi connectivity index (χ4v) is 4.66. The van der Waals surface area contributed by atoms with E-state index < -0.39 is 6.04 Å². The molecule has 1 aliphatic heterocycles. The number of hydrogen-bond acceptors (Lipinski definition) is 5. The largest absolute Gasteiger partial charge is 0.461 e. The number of benzene rings is 2. The molecule has 9 nitrogen and oxygen atoms in total. The van der Waals surface area contributed by atoms with Crippen LogP contribution in [0.1, 0.15) is 41.7 Å². The molecule has 2 amide bonds. The van der Waals surface area contributed by atoms with Crippen LogP contribution in [0.5, 0.6) is 0 Å². The van der Waals surface area contributed by atoms with Crippen LogP contribution in [0.4, 0.5) is 5.69 Å². The van der Waals surface area contributed by atoms with Gasteiger partial charge in [-0.1, -0.05) is 29.3 Å². The van der Waals surface area contributed by atoms with Crippen molar-refractivity contribution < 1.29 is 14.0 Å². The average molecular weight is 501 g/mol. The molecule has 3 aromatic rings. The molecule has 37 heavy (non-hydrogen) atoms. The predicted octanol–water partition coefficient (Wildman–Crippen LogP) is 3.89. The molecule has 1 atom stereocenters. The fraction of sp³-hybridized carbons (Fsp3) is 0.357. The van der Waals surface area contributed by atoms with E-state index in [0.29, 0.717) is 25.2 Å². The quantitative estimate of drug-likeness (QED) is 0.204. The smallest absolute Gasteiger partial charge is 0.247 e. The third kappa shape index (κ3) is 6.88. The number of nitrogens with zero attached hydrogens (tertiary/aromatic N) is 3. The molecule has 9 heteroatoms. The van der Waals surface area contributed by atoms with Crippen LogP contribution in [0, 0.1) is 32.2 Å². The maximum Gasteiger partial charge on any atom is 0.247 e. The van der Waals surface area contributed by atoms with E-state index in [1.807, 2.05) is 63.4 Å². The first-order valence-corrected chi connectivity index (χ1v) is 12.4. The predicted molar refractivity (Wildman–Crippen MR) is 143 cm³/mol. The molecule has 0 spiro atoms. The number of anilines is 1. The zero-order valence-corrected chi connectivity index (χ0v) is 21.4. The topological polar surface area (TPSA) is 123 Å². The van der Waals surface area contributed by atoms with Crippen LogP contribution in [0.3, 0.4) is 0 Å². The number of fused-ring (bicyclic) bond motifs is 1. The summed E-state index contributed by atoms with van der Waals surface area (Å²) in [5, 5.41) is 18.7. The van der Waals surface area contributed by atoms with Gasteiger partial charge in [0, 0.05) is 24.2 Å².